The number of carboxylic acid groups (broad SMARTS) is 1. The molecular weight excluding hydrogens is 224 g/mol. The molecule has 0 bridgehead atoms. The summed E-state index contributed by atoms with van der Waals surface area (Å²) in [4.78, 5) is 20.5. The number of aliphatic carboxylic acids is 1. The molecule has 0 heterocycles. The van der Waals surface area contributed by atoms with Gasteiger partial charge in [-0.15, -0.1) is 0 Å². The second kappa shape index (κ2) is 5.95. The maximum Gasteiger partial charge on any atom is 0.320 e. The third-order valence-electron chi connectivity index (χ3n) is 2.38. The van der Waals surface area contributed by atoms with Crippen LogP contribution in [-0.2, 0) is 11.2 Å². The predicted octanol–water partition coefficient (Wildman–Crippen LogP) is 1.20. The molecule has 92 valence electrons. The Labute approximate surface area is 98.4 Å². The van der Waals surface area contributed by atoms with Crippen LogP contribution >= 0.6 is 0 Å². The van der Waals surface area contributed by atoms with E-state index in [1.165, 1.54) is 12.1 Å². The van der Waals surface area contributed by atoms with Gasteiger partial charge in [0.25, 0.3) is 5.69 Å². The van der Waals surface area contributed by atoms with Crippen LogP contribution in [0, 0.1) is 10.1 Å². The Morgan fingerprint density at radius 3 is 2.53 bits per heavy atom. The number of nitro benzene ring substituents is 1. The SMILES string of the molecule is C[C@H](NCCc1ccc([N+](=O)[O-])cc1)C(=O)O. The fourth-order valence-electron chi connectivity index (χ4n) is 1.30. The van der Waals surface area contributed by atoms with Crippen molar-refractivity contribution in [3.8, 4) is 0 Å². The molecule has 0 fully saturated rings. The molecule has 0 aliphatic carbocycles. The molecule has 6 nitrogen and oxygen atoms in total. The van der Waals surface area contributed by atoms with Gasteiger partial charge in [0.1, 0.15) is 6.04 Å². The van der Waals surface area contributed by atoms with Crippen LogP contribution in [0.3, 0.4) is 0 Å². The fraction of sp³-hybridized carbons (Fsp3) is 0.364. The van der Waals surface area contributed by atoms with E-state index in [2.05, 4.69) is 5.32 Å². The molecular formula is C11H14N2O4. The molecule has 0 aliphatic rings. The number of hydrogen-bond acceptors (Lipinski definition) is 4. The zero-order chi connectivity index (χ0) is 12.8. The van der Waals surface area contributed by atoms with Crippen molar-refractivity contribution in [2.75, 3.05) is 6.54 Å². The van der Waals surface area contributed by atoms with Crippen LogP contribution in [0.2, 0.25) is 0 Å². The average Bonchev–Trinajstić information content (AvgIpc) is 2.29. The first-order chi connectivity index (χ1) is 8.00. The van der Waals surface area contributed by atoms with Crippen LogP contribution in [0.1, 0.15) is 12.5 Å². The van der Waals surface area contributed by atoms with Gasteiger partial charge < -0.3 is 10.4 Å². The standard InChI is InChI=1S/C11H14N2O4/c1-8(11(14)15)12-7-6-9-2-4-10(5-3-9)13(16)17/h2-5,8,12H,6-7H2,1H3,(H,14,15)/t8-/m0/s1. The quantitative estimate of drug-likeness (QED) is 0.573. The Hall–Kier alpha value is -1.95. The highest BCUT2D eigenvalue weighted by Crippen LogP contribution is 2.11. The van der Waals surface area contributed by atoms with Crippen molar-refractivity contribution in [3.63, 3.8) is 0 Å². The second-order valence-corrected chi connectivity index (χ2v) is 3.69. The summed E-state index contributed by atoms with van der Waals surface area (Å²) < 4.78 is 0. The van der Waals surface area contributed by atoms with Crippen molar-refractivity contribution in [1.29, 1.82) is 0 Å². The van der Waals surface area contributed by atoms with Gasteiger partial charge in [0.2, 0.25) is 0 Å². The summed E-state index contributed by atoms with van der Waals surface area (Å²) in [5.74, 6) is -0.895. The van der Waals surface area contributed by atoms with Gasteiger partial charge in [-0.05, 0) is 25.5 Å². The van der Waals surface area contributed by atoms with E-state index in [-0.39, 0.29) is 5.69 Å². The van der Waals surface area contributed by atoms with Crippen molar-refractivity contribution in [1.82, 2.24) is 5.32 Å². The van der Waals surface area contributed by atoms with Crippen LogP contribution < -0.4 is 5.32 Å². The first-order valence-corrected chi connectivity index (χ1v) is 5.20. The number of non-ortho nitro benzene ring substituents is 1. The van der Waals surface area contributed by atoms with E-state index < -0.39 is 16.9 Å². The zero-order valence-corrected chi connectivity index (χ0v) is 9.42. The molecule has 2 N–H and O–H groups in total. The van der Waals surface area contributed by atoms with Gasteiger partial charge in [0, 0.05) is 12.1 Å². The highest BCUT2D eigenvalue weighted by Gasteiger charge is 2.09. The molecule has 1 atom stereocenters. The van der Waals surface area contributed by atoms with Crippen molar-refractivity contribution >= 4 is 11.7 Å². The highest BCUT2D eigenvalue weighted by atomic mass is 16.6. The maximum atomic E-state index is 10.5. The average molecular weight is 238 g/mol. The van der Waals surface area contributed by atoms with Crippen molar-refractivity contribution < 1.29 is 14.8 Å². The molecule has 0 aliphatic heterocycles. The molecule has 0 amide bonds. The van der Waals surface area contributed by atoms with E-state index in [9.17, 15) is 14.9 Å². The predicted molar refractivity (Wildman–Crippen MR) is 61.9 cm³/mol. The molecule has 0 aromatic heterocycles. The van der Waals surface area contributed by atoms with E-state index in [0.29, 0.717) is 13.0 Å². The first-order valence-electron chi connectivity index (χ1n) is 5.20. The molecule has 0 saturated carbocycles. The Morgan fingerprint density at radius 1 is 1.47 bits per heavy atom. The normalized spacial score (nSPS) is 12.1. The molecule has 17 heavy (non-hydrogen) atoms. The lowest BCUT2D eigenvalue weighted by atomic mass is 10.1. The summed E-state index contributed by atoms with van der Waals surface area (Å²) in [6.45, 7) is 2.09. The maximum absolute atomic E-state index is 10.5. The molecule has 1 aromatic carbocycles. The van der Waals surface area contributed by atoms with Gasteiger partial charge in [-0.2, -0.15) is 0 Å². The van der Waals surface area contributed by atoms with E-state index in [1.54, 1.807) is 19.1 Å². The van der Waals surface area contributed by atoms with Crippen LogP contribution in [0.5, 0.6) is 0 Å². The van der Waals surface area contributed by atoms with Crippen LogP contribution in [0.4, 0.5) is 5.69 Å². The Morgan fingerprint density at radius 2 is 2.06 bits per heavy atom. The van der Waals surface area contributed by atoms with Gasteiger partial charge in [-0.3, -0.25) is 14.9 Å². The summed E-state index contributed by atoms with van der Waals surface area (Å²) in [5.41, 5.74) is 0.987. The van der Waals surface area contributed by atoms with E-state index >= 15 is 0 Å². The molecule has 0 unspecified atom stereocenters. The minimum Gasteiger partial charge on any atom is -0.480 e. The van der Waals surface area contributed by atoms with Gasteiger partial charge in [-0.1, -0.05) is 12.1 Å². The number of benzene rings is 1. The minimum atomic E-state index is -0.895. The summed E-state index contributed by atoms with van der Waals surface area (Å²) in [7, 11) is 0. The van der Waals surface area contributed by atoms with Gasteiger partial charge in [0.15, 0.2) is 0 Å². The van der Waals surface area contributed by atoms with E-state index in [0.717, 1.165) is 5.56 Å². The number of carbonyl (C=O) groups is 1. The molecule has 1 aromatic rings. The summed E-state index contributed by atoms with van der Waals surface area (Å²) >= 11 is 0. The monoisotopic (exact) mass is 238 g/mol. The van der Waals surface area contributed by atoms with Gasteiger partial charge >= 0.3 is 5.97 Å². The van der Waals surface area contributed by atoms with Crippen LogP contribution in [-0.4, -0.2) is 28.6 Å². The first kappa shape index (κ1) is 13.1. The van der Waals surface area contributed by atoms with Crippen molar-refractivity contribution in [3.05, 3.63) is 39.9 Å². The number of rotatable bonds is 6. The molecule has 0 spiro atoms. The minimum absolute atomic E-state index is 0.0561. The number of carboxylic acids is 1. The van der Waals surface area contributed by atoms with E-state index in [1.807, 2.05) is 0 Å². The highest BCUT2D eigenvalue weighted by molar-refractivity contribution is 5.72. The third-order valence-corrected chi connectivity index (χ3v) is 2.38. The number of hydrogen-bond donors (Lipinski definition) is 2. The van der Waals surface area contributed by atoms with E-state index in [4.69, 9.17) is 5.11 Å². The summed E-state index contributed by atoms with van der Waals surface area (Å²) in [6, 6.07) is 5.63. The lowest BCUT2D eigenvalue weighted by molar-refractivity contribution is -0.384. The van der Waals surface area contributed by atoms with Crippen LogP contribution in [0.15, 0.2) is 24.3 Å². The number of nitrogens with one attached hydrogen (secondary N) is 1. The van der Waals surface area contributed by atoms with Crippen molar-refractivity contribution in [2.24, 2.45) is 0 Å². The largest absolute Gasteiger partial charge is 0.480 e. The third kappa shape index (κ3) is 4.20. The van der Waals surface area contributed by atoms with Gasteiger partial charge in [-0.25, -0.2) is 0 Å². The second-order valence-electron chi connectivity index (χ2n) is 3.69. The fourth-order valence-corrected chi connectivity index (χ4v) is 1.30. The number of nitrogens with zero attached hydrogens (tertiary/aromatic N) is 1. The summed E-state index contributed by atoms with van der Waals surface area (Å²) in [6.07, 6.45) is 0.635. The topological polar surface area (TPSA) is 92.5 Å². The number of nitro groups is 1. The Balaban J connectivity index is 2.42. The Bertz CT molecular complexity index is 402. The van der Waals surface area contributed by atoms with Gasteiger partial charge in [0.05, 0.1) is 4.92 Å². The smallest absolute Gasteiger partial charge is 0.320 e. The van der Waals surface area contributed by atoms with Crippen LogP contribution in [0.25, 0.3) is 0 Å². The van der Waals surface area contributed by atoms with Crippen molar-refractivity contribution in [2.45, 2.75) is 19.4 Å². The molecule has 0 radical (unpaired) electrons. The molecule has 1 rings (SSSR count). The molecule has 0 saturated heterocycles. The lowest BCUT2D eigenvalue weighted by Gasteiger charge is -2.08. The lowest BCUT2D eigenvalue weighted by Crippen LogP contribution is -2.34. The molecule has 6 heteroatoms. The summed E-state index contributed by atoms with van der Waals surface area (Å²) in [5, 5.41) is 21.9. The zero-order valence-electron chi connectivity index (χ0n) is 9.42. The Kier molecular flexibility index (Phi) is 4.59.